The van der Waals surface area contributed by atoms with E-state index in [1.54, 1.807) is 0 Å². The van der Waals surface area contributed by atoms with Crippen LogP contribution in [0.3, 0.4) is 0 Å². The van der Waals surface area contributed by atoms with E-state index in [4.69, 9.17) is 28.9 Å². The predicted molar refractivity (Wildman–Crippen MR) is 72.7 cm³/mol. The van der Waals surface area contributed by atoms with E-state index in [2.05, 4.69) is 12.2 Å². The van der Waals surface area contributed by atoms with Crippen LogP contribution < -0.4 is 11.1 Å². The quantitative estimate of drug-likeness (QED) is 0.638. The fraction of sp³-hybridized carbons (Fsp3) is 0.417. The summed E-state index contributed by atoms with van der Waals surface area (Å²) in [7, 11) is 0. The molecule has 0 radical (unpaired) electrons. The van der Waals surface area contributed by atoms with Crippen LogP contribution in [0, 0.1) is 0 Å². The van der Waals surface area contributed by atoms with E-state index in [1.807, 2.05) is 0 Å². The summed E-state index contributed by atoms with van der Waals surface area (Å²) < 4.78 is 0. The van der Waals surface area contributed by atoms with E-state index in [0.29, 0.717) is 27.8 Å². The number of benzene rings is 1. The monoisotopic (exact) mass is 274 g/mol. The molecule has 3 nitrogen and oxygen atoms in total. The number of nitrogens with one attached hydrogen (secondary N) is 1. The molecular formula is C12H16Cl2N2O. The Labute approximate surface area is 111 Å². The SMILES string of the molecule is CCCCCNC(=O)c1cc(Cl)c(N)c(Cl)c1. The molecule has 0 saturated heterocycles. The zero-order valence-electron chi connectivity index (χ0n) is 9.72. The first kappa shape index (κ1) is 14.1. The van der Waals surface area contributed by atoms with Crippen molar-refractivity contribution in [2.45, 2.75) is 26.2 Å². The molecule has 0 bridgehead atoms. The first-order valence-corrected chi connectivity index (χ1v) is 6.34. The first-order chi connectivity index (χ1) is 8.06. The van der Waals surface area contributed by atoms with E-state index in [0.717, 1.165) is 19.3 Å². The molecule has 0 spiro atoms. The maximum Gasteiger partial charge on any atom is 0.251 e. The van der Waals surface area contributed by atoms with Gasteiger partial charge in [-0.1, -0.05) is 43.0 Å². The molecule has 94 valence electrons. The molecule has 5 heteroatoms. The van der Waals surface area contributed by atoms with Gasteiger partial charge in [-0.2, -0.15) is 0 Å². The Kier molecular flexibility index (Phi) is 5.59. The topological polar surface area (TPSA) is 55.1 Å². The van der Waals surface area contributed by atoms with Crippen molar-refractivity contribution in [3.05, 3.63) is 27.7 Å². The van der Waals surface area contributed by atoms with Gasteiger partial charge in [-0.3, -0.25) is 4.79 Å². The third kappa shape index (κ3) is 4.10. The lowest BCUT2D eigenvalue weighted by molar-refractivity contribution is 0.0953. The largest absolute Gasteiger partial charge is 0.396 e. The van der Waals surface area contributed by atoms with Crippen LogP contribution in [0.1, 0.15) is 36.5 Å². The van der Waals surface area contributed by atoms with Crippen molar-refractivity contribution in [2.24, 2.45) is 0 Å². The lowest BCUT2D eigenvalue weighted by atomic mass is 10.2. The van der Waals surface area contributed by atoms with Gasteiger partial charge in [0.05, 0.1) is 15.7 Å². The van der Waals surface area contributed by atoms with Crippen molar-refractivity contribution in [2.75, 3.05) is 12.3 Å². The van der Waals surface area contributed by atoms with Gasteiger partial charge in [0.1, 0.15) is 0 Å². The number of anilines is 1. The highest BCUT2D eigenvalue weighted by atomic mass is 35.5. The Bertz CT molecular complexity index is 384. The summed E-state index contributed by atoms with van der Waals surface area (Å²) in [5.41, 5.74) is 6.33. The van der Waals surface area contributed by atoms with Gasteiger partial charge in [-0.15, -0.1) is 0 Å². The van der Waals surface area contributed by atoms with Crippen molar-refractivity contribution in [1.82, 2.24) is 5.32 Å². The fourth-order valence-corrected chi connectivity index (χ4v) is 1.88. The van der Waals surface area contributed by atoms with E-state index in [1.165, 1.54) is 12.1 Å². The van der Waals surface area contributed by atoms with E-state index in [-0.39, 0.29) is 5.91 Å². The Morgan fingerprint density at radius 1 is 1.29 bits per heavy atom. The minimum Gasteiger partial charge on any atom is -0.396 e. The maximum atomic E-state index is 11.8. The number of unbranched alkanes of at least 4 members (excludes halogenated alkanes) is 2. The van der Waals surface area contributed by atoms with E-state index < -0.39 is 0 Å². The summed E-state index contributed by atoms with van der Waals surface area (Å²) in [5, 5.41) is 3.41. The molecule has 0 aliphatic heterocycles. The van der Waals surface area contributed by atoms with Crippen LogP contribution in [0.2, 0.25) is 10.0 Å². The Morgan fingerprint density at radius 3 is 2.41 bits per heavy atom. The zero-order valence-corrected chi connectivity index (χ0v) is 11.2. The number of carbonyl (C=O) groups excluding carboxylic acids is 1. The normalized spacial score (nSPS) is 10.3. The van der Waals surface area contributed by atoms with Crippen LogP contribution in [0.25, 0.3) is 0 Å². The van der Waals surface area contributed by atoms with Crippen LogP contribution in [0.4, 0.5) is 5.69 Å². The molecule has 1 amide bonds. The summed E-state index contributed by atoms with van der Waals surface area (Å²) in [6.45, 7) is 2.77. The molecule has 1 rings (SSSR count). The van der Waals surface area contributed by atoms with Crippen molar-refractivity contribution >= 4 is 34.8 Å². The molecule has 1 aromatic rings. The van der Waals surface area contributed by atoms with Crippen LogP contribution in [-0.4, -0.2) is 12.5 Å². The van der Waals surface area contributed by atoms with Crippen molar-refractivity contribution in [3.63, 3.8) is 0 Å². The average Bonchev–Trinajstić information content (AvgIpc) is 2.30. The van der Waals surface area contributed by atoms with Gasteiger partial charge in [-0.05, 0) is 18.6 Å². The number of carbonyl (C=O) groups is 1. The highest BCUT2D eigenvalue weighted by Crippen LogP contribution is 2.28. The molecule has 0 saturated carbocycles. The molecule has 1 aromatic carbocycles. The van der Waals surface area contributed by atoms with Gasteiger partial charge < -0.3 is 11.1 Å². The Hall–Kier alpha value is -0.930. The summed E-state index contributed by atoms with van der Waals surface area (Å²) in [4.78, 5) is 11.8. The summed E-state index contributed by atoms with van der Waals surface area (Å²) >= 11 is 11.7. The number of hydrogen-bond donors (Lipinski definition) is 2. The summed E-state index contributed by atoms with van der Waals surface area (Å²) in [5.74, 6) is -0.176. The lowest BCUT2D eigenvalue weighted by Gasteiger charge is -2.07. The van der Waals surface area contributed by atoms with Gasteiger partial charge in [0.2, 0.25) is 0 Å². The Morgan fingerprint density at radius 2 is 1.88 bits per heavy atom. The number of halogens is 2. The van der Waals surface area contributed by atoms with Crippen molar-refractivity contribution < 1.29 is 4.79 Å². The number of nitrogens with two attached hydrogens (primary N) is 1. The molecule has 0 atom stereocenters. The molecule has 0 unspecified atom stereocenters. The molecule has 0 aliphatic carbocycles. The number of hydrogen-bond acceptors (Lipinski definition) is 2. The minimum atomic E-state index is -0.176. The van der Waals surface area contributed by atoms with Gasteiger partial charge in [0, 0.05) is 12.1 Å². The highest BCUT2D eigenvalue weighted by Gasteiger charge is 2.10. The van der Waals surface area contributed by atoms with Gasteiger partial charge >= 0.3 is 0 Å². The predicted octanol–water partition coefficient (Wildman–Crippen LogP) is 3.50. The molecule has 3 N–H and O–H groups in total. The number of nitrogen functional groups attached to an aromatic ring is 1. The van der Waals surface area contributed by atoms with Crippen molar-refractivity contribution in [3.8, 4) is 0 Å². The number of amides is 1. The smallest absolute Gasteiger partial charge is 0.251 e. The summed E-state index contributed by atoms with van der Waals surface area (Å²) in [6.07, 6.45) is 3.19. The van der Waals surface area contributed by atoms with Gasteiger partial charge in [0.15, 0.2) is 0 Å². The molecule has 0 aromatic heterocycles. The van der Waals surface area contributed by atoms with Crippen LogP contribution in [0.15, 0.2) is 12.1 Å². The molecule has 0 fully saturated rings. The van der Waals surface area contributed by atoms with Crippen LogP contribution >= 0.6 is 23.2 Å². The zero-order chi connectivity index (χ0) is 12.8. The molecule has 0 heterocycles. The molecule has 17 heavy (non-hydrogen) atoms. The van der Waals surface area contributed by atoms with Gasteiger partial charge in [0.25, 0.3) is 5.91 Å². The maximum absolute atomic E-state index is 11.8. The van der Waals surface area contributed by atoms with Crippen LogP contribution in [-0.2, 0) is 0 Å². The Balaban J connectivity index is 2.63. The van der Waals surface area contributed by atoms with Gasteiger partial charge in [-0.25, -0.2) is 0 Å². The average molecular weight is 275 g/mol. The third-order valence-corrected chi connectivity index (χ3v) is 3.03. The fourth-order valence-electron chi connectivity index (χ4n) is 1.39. The van der Waals surface area contributed by atoms with Crippen molar-refractivity contribution in [1.29, 1.82) is 0 Å². The summed E-state index contributed by atoms with van der Waals surface area (Å²) in [6, 6.07) is 3.05. The number of rotatable bonds is 5. The lowest BCUT2D eigenvalue weighted by Crippen LogP contribution is -2.24. The molecule has 0 aliphatic rings. The van der Waals surface area contributed by atoms with E-state index in [9.17, 15) is 4.79 Å². The second-order valence-electron chi connectivity index (χ2n) is 3.82. The van der Waals surface area contributed by atoms with E-state index >= 15 is 0 Å². The highest BCUT2D eigenvalue weighted by molar-refractivity contribution is 6.39. The standard InChI is InChI=1S/C12H16Cl2N2O/c1-2-3-4-5-16-12(17)8-6-9(13)11(15)10(14)7-8/h6-7H,2-5,15H2,1H3,(H,16,17). The second kappa shape index (κ2) is 6.72. The molecular weight excluding hydrogens is 259 g/mol. The van der Waals surface area contributed by atoms with Crippen LogP contribution in [0.5, 0.6) is 0 Å². The first-order valence-electron chi connectivity index (χ1n) is 5.59. The second-order valence-corrected chi connectivity index (χ2v) is 4.63. The third-order valence-electron chi connectivity index (χ3n) is 2.41. The minimum absolute atomic E-state index is 0.176.